The summed E-state index contributed by atoms with van der Waals surface area (Å²) in [5.74, 6) is 1.07. The van der Waals surface area contributed by atoms with Crippen molar-refractivity contribution in [2.45, 2.75) is 24.9 Å². The first kappa shape index (κ1) is 20.3. The molecule has 0 aliphatic carbocycles. The molecule has 0 amide bonds. The number of alkyl halides is 3. The number of nitrogens with one attached hydrogen (secondary N) is 2. The van der Waals surface area contributed by atoms with E-state index in [0.717, 1.165) is 50.0 Å². The Kier molecular flexibility index (Phi) is 6.30. The number of rotatable bonds is 6. The molecular weight excluding hydrogens is 373 g/mol. The number of likely N-dealkylation sites (N-methyl/N-ethyl adjacent to an activating group) is 1. The van der Waals surface area contributed by atoms with Gasteiger partial charge in [-0.1, -0.05) is 0 Å². The van der Waals surface area contributed by atoms with Gasteiger partial charge in [0.25, 0.3) is 0 Å². The number of anilines is 3. The van der Waals surface area contributed by atoms with Gasteiger partial charge in [0, 0.05) is 31.8 Å². The van der Waals surface area contributed by atoms with E-state index in [4.69, 9.17) is 0 Å². The predicted molar refractivity (Wildman–Crippen MR) is 99.8 cm³/mol. The molecule has 0 unspecified atom stereocenters. The van der Waals surface area contributed by atoms with Crippen LogP contribution in [0.2, 0.25) is 0 Å². The summed E-state index contributed by atoms with van der Waals surface area (Å²) in [6, 6.07) is 3.63. The summed E-state index contributed by atoms with van der Waals surface area (Å²) in [6.45, 7) is 2.05. The number of nitrogens with zero attached hydrogens (tertiary/aromatic N) is 4. The van der Waals surface area contributed by atoms with E-state index in [1.165, 1.54) is 0 Å². The minimum absolute atomic E-state index is 0.0561. The van der Waals surface area contributed by atoms with Crippen molar-refractivity contribution in [3.63, 3.8) is 0 Å². The third kappa shape index (κ3) is 5.08. The number of hydrogen-bond donors (Lipinski definition) is 3. The lowest BCUT2D eigenvalue weighted by Crippen LogP contribution is -2.28. The molecular formula is C18H23F3N6O. The van der Waals surface area contributed by atoms with Crippen LogP contribution in [0.3, 0.4) is 0 Å². The highest BCUT2D eigenvalue weighted by molar-refractivity contribution is 5.55. The van der Waals surface area contributed by atoms with Gasteiger partial charge in [0.1, 0.15) is 11.6 Å². The fourth-order valence-corrected chi connectivity index (χ4v) is 3.07. The van der Waals surface area contributed by atoms with Gasteiger partial charge >= 0.3 is 6.18 Å². The van der Waals surface area contributed by atoms with E-state index in [1.54, 1.807) is 18.0 Å². The van der Waals surface area contributed by atoms with Crippen LogP contribution >= 0.6 is 0 Å². The molecule has 3 rings (SSSR count). The molecule has 0 bridgehead atoms. The van der Waals surface area contributed by atoms with Gasteiger partial charge in [-0.15, -0.1) is 0 Å². The molecule has 0 atom stereocenters. The molecule has 3 heterocycles. The van der Waals surface area contributed by atoms with E-state index in [2.05, 4.69) is 25.6 Å². The maximum absolute atomic E-state index is 13.0. The fraction of sp³-hybridized carbons (Fsp3) is 0.500. The van der Waals surface area contributed by atoms with Crippen molar-refractivity contribution in [2.24, 2.45) is 0 Å². The first-order valence-corrected chi connectivity index (χ1v) is 9.09. The number of aliphatic hydroxyl groups is 1. The van der Waals surface area contributed by atoms with Crippen LogP contribution in [0, 0.1) is 0 Å². The second-order valence-electron chi connectivity index (χ2n) is 6.70. The molecule has 1 saturated heterocycles. The molecule has 28 heavy (non-hydrogen) atoms. The molecule has 10 heteroatoms. The molecule has 2 aromatic rings. The first-order chi connectivity index (χ1) is 13.4. The summed E-state index contributed by atoms with van der Waals surface area (Å²) in [7, 11) is 1.75. The Morgan fingerprint density at radius 1 is 1.21 bits per heavy atom. The zero-order valence-corrected chi connectivity index (χ0v) is 15.5. The Bertz CT molecular complexity index is 795. The average Bonchev–Trinajstić information content (AvgIpc) is 2.68. The zero-order valence-electron chi connectivity index (χ0n) is 15.5. The largest absolute Gasteiger partial charge is 0.416 e. The lowest BCUT2D eigenvalue weighted by molar-refractivity contribution is -0.137. The molecule has 0 saturated carbocycles. The monoisotopic (exact) mass is 396 g/mol. The Hall–Kier alpha value is -2.46. The van der Waals surface area contributed by atoms with Crippen LogP contribution in [-0.4, -0.2) is 53.3 Å². The second kappa shape index (κ2) is 8.70. The van der Waals surface area contributed by atoms with Crippen molar-refractivity contribution in [2.75, 3.05) is 43.5 Å². The molecule has 1 aliphatic rings. The molecule has 2 aromatic heterocycles. The van der Waals surface area contributed by atoms with Gasteiger partial charge in [-0.2, -0.15) is 18.2 Å². The molecule has 1 fully saturated rings. The molecule has 7 nitrogen and oxygen atoms in total. The van der Waals surface area contributed by atoms with Crippen LogP contribution in [0.4, 0.5) is 30.8 Å². The van der Waals surface area contributed by atoms with Crippen LogP contribution in [0.15, 0.2) is 24.4 Å². The van der Waals surface area contributed by atoms with Gasteiger partial charge in [0.2, 0.25) is 5.95 Å². The first-order valence-electron chi connectivity index (χ1n) is 9.09. The van der Waals surface area contributed by atoms with Crippen molar-refractivity contribution in [3.8, 4) is 0 Å². The van der Waals surface area contributed by atoms with Gasteiger partial charge in [-0.25, -0.2) is 9.97 Å². The Morgan fingerprint density at radius 3 is 2.64 bits per heavy atom. The van der Waals surface area contributed by atoms with Crippen molar-refractivity contribution in [1.82, 2.24) is 20.3 Å². The summed E-state index contributed by atoms with van der Waals surface area (Å²) >= 11 is 0. The van der Waals surface area contributed by atoms with E-state index in [9.17, 15) is 18.3 Å². The highest BCUT2D eigenvalue weighted by atomic mass is 19.4. The summed E-state index contributed by atoms with van der Waals surface area (Å²) in [6.07, 6.45) is -1.50. The highest BCUT2D eigenvalue weighted by Gasteiger charge is 2.30. The average molecular weight is 396 g/mol. The Morgan fingerprint density at radius 2 is 1.96 bits per heavy atom. The molecule has 0 aromatic carbocycles. The number of piperidine rings is 1. The van der Waals surface area contributed by atoms with E-state index in [-0.39, 0.29) is 18.3 Å². The van der Waals surface area contributed by atoms with E-state index in [1.807, 2.05) is 0 Å². The fourth-order valence-electron chi connectivity index (χ4n) is 3.07. The van der Waals surface area contributed by atoms with Gasteiger partial charge in [0.05, 0.1) is 17.9 Å². The Balaban J connectivity index is 1.91. The van der Waals surface area contributed by atoms with Crippen molar-refractivity contribution < 1.29 is 18.3 Å². The minimum Gasteiger partial charge on any atom is -0.395 e. The van der Waals surface area contributed by atoms with Crippen molar-refractivity contribution in [3.05, 3.63) is 35.7 Å². The smallest absolute Gasteiger partial charge is 0.395 e. The summed E-state index contributed by atoms with van der Waals surface area (Å²) in [5.41, 5.74) is 0.0426. The standard InChI is InChI=1S/C18H23F3N6O/c1-27(8-9-28)17-24-14(12-2-5-22-6-3-12)11-16(26-17)25-15-10-13(4-7-23-15)18(19,20)21/h4,7,10-12,22,28H,2-3,5-6,8-9H2,1H3,(H,23,24,25,26). The number of hydrogen-bond acceptors (Lipinski definition) is 7. The van der Waals surface area contributed by atoms with Crippen LogP contribution < -0.4 is 15.5 Å². The zero-order chi connectivity index (χ0) is 20.1. The highest BCUT2D eigenvalue weighted by Crippen LogP contribution is 2.31. The lowest BCUT2D eigenvalue weighted by atomic mass is 9.94. The molecule has 1 aliphatic heterocycles. The van der Waals surface area contributed by atoms with E-state index in [0.29, 0.717) is 18.3 Å². The van der Waals surface area contributed by atoms with Crippen LogP contribution in [0.5, 0.6) is 0 Å². The van der Waals surface area contributed by atoms with Gasteiger partial charge in [0.15, 0.2) is 0 Å². The Labute approximate surface area is 161 Å². The number of halogens is 3. The maximum atomic E-state index is 13.0. The SMILES string of the molecule is CN(CCO)c1nc(Nc2cc(C(F)(F)F)ccn2)cc(C2CCNCC2)n1. The molecule has 3 N–H and O–H groups in total. The quantitative estimate of drug-likeness (QED) is 0.692. The number of aromatic nitrogens is 3. The van der Waals surface area contributed by atoms with Crippen LogP contribution in [-0.2, 0) is 6.18 Å². The molecule has 0 spiro atoms. The lowest BCUT2D eigenvalue weighted by Gasteiger charge is -2.24. The summed E-state index contributed by atoms with van der Waals surface area (Å²) in [5, 5.41) is 15.4. The van der Waals surface area contributed by atoms with Gasteiger partial charge in [-0.05, 0) is 38.1 Å². The normalized spacial score (nSPS) is 15.5. The topological polar surface area (TPSA) is 86.2 Å². The maximum Gasteiger partial charge on any atom is 0.416 e. The van der Waals surface area contributed by atoms with Gasteiger partial charge in [-0.3, -0.25) is 0 Å². The third-order valence-corrected chi connectivity index (χ3v) is 4.61. The van der Waals surface area contributed by atoms with E-state index >= 15 is 0 Å². The van der Waals surface area contributed by atoms with Crippen molar-refractivity contribution in [1.29, 1.82) is 0 Å². The van der Waals surface area contributed by atoms with E-state index < -0.39 is 11.7 Å². The summed E-state index contributed by atoms with van der Waals surface area (Å²) in [4.78, 5) is 14.7. The van der Waals surface area contributed by atoms with Crippen molar-refractivity contribution >= 4 is 17.6 Å². The van der Waals surface area contributed by atoms with Crippen LogP contribution in [0.1, 0.15) is 30.0 Å². The second-order valence-corrected chi connectivity index (χ2v) is 6.70. The third-order valence-electron chi connectivity index (χ3n) is 4.61. The van der Waals surface area contributed by atoms with Crippen LogP contribution in [0.25, 0.3) is 0 Å². The molecule has 152 valence electrons. The summed E-state index contributed by atoms with van der Waals surface area (Å²) < 4.78 is 38.9. The number of aliphatic hydroxyl groups excluding tert-OH is 1. The number of pyridine rings is 1. The van der Waals surface area contributed by atoms with Gasteiger partial charge < -0.3 is 20.6 Å². The predicted octanol–water partition coefficient (Wildman–Crippen LogP) is 2.53. The molecule has 0 radical (unpaired) electrons. The minimum atomic E-state index is -4.45.